The predicted octanol–water partition coefficient (Wildman–Crippen LogP) is 3.03. The SMILES string of the molecule is Cn1c(-c2ccc(OCF)c(F)c2F)cnc1C(=O)Nc1ccc(C(=O)N2CCN(C(=O)C3[C@H]4CNC[C@@H]34)CC2)c(Cl)c1.O=CO. The van der Waals surface area contributed by atoms with Crippen LogP contribution in [0.4, 0.5) is 18.9 Å². The number of benzene rings is 2. The number of nitrogens with zero attached hydrogens (tertiary/aromatic N) is 4. The average molecular weight is 663 g/mol. The first-order valence-corrected chi connectivity index (χ1v) is 14.6. The molecule has 3 heterocycles. The van der Waals surface area contributed by atoms with E-state index < -0.39 is 30.2 Å². The minimum atomic E-state index is -1.36. The molecule has 2 saturated heterocycles. The summed E-state index contributed by atoms with van der Waals surface area (Å²) < 4.78 is 47.0. The number of carbonyl (C=O) groups excluding carboxylic acids is 3. The van der Waals surface area contributed by atoms with Gasteiger partial charge in [-0.3, -0.25) is 19.2 Å². The Labute approximate surface area is 266 Å². The zero-order valence-corrected chi connectivity index (χ0v) is 25.3. The topological polar surface area (TPSA) is 146 Å². The Morgan fingerprint density at radius 2 is 1.74 bits per heavy atom. The highest BCUT2D eigenvalue weighted by Gasteiger charge is 2.58. The Balaban J connectivity index is 0.00000134. The van der Waals surface area contributed by atoms with Gasteiger partial charge in [0, 0.05) is 50.4 Å². The molecule has 46 heavy (non-hydrogen) atoms. The monoisotopic (exact) mass is 662 g/mol. The Morgan fingerprint density at radius 3 is 2.37 bits per heavy atom. The van der Waals surface area contributed by atoms with Crippen LogP contribution in [-0.4, -0.2) is 94.8 Å². The average Bonchev–Trinajstić information content (AvgIpc) is 3.31. The number of nitrogens with one attached hydrogen (secondary N) is 2. The summed E-state index contributed by atoms with van der Waals surface area (Å²) in [5.41, 5.74) is 0.465. The summed E-state index contributed by atoms with van der Waals surface area (Å²) in [6, 6.07) is 6.76. The van der Waals surface area contributed by atoms with E-state index in [4.69, 9.17) is 21.5 Å². The van der Waals surface area contributed by atoms with Crippen molar-refractivity contribution in [3.05, 3.63) is 64.6 Å². The smallest absolute Gasteiger partial charge is 0.291 e. The molecule has 3 atom stereocenters. The number of piperidine rings is 1. The van der Waals surface area contributed by atoms with Gasteiger partial charge < -0.3 is 34.8 Å². The van der Waals surface area contributed by atoms with Crippen molar-refractivity contribution in [3.8, 4) is 17.0 Å². The van der Waals surface area contributed by atoms with Gasteiger partial charge in [-0.1, -0.05) is 11.6 Å². The minimum absolute atomic E-state index is 0.103. The summed E-state index contributed by atoms with van der Waals surface area (Å²) in [5.74, 6) is -3.06. The highest BCUT2D eigenvalue weighted by Crippen LogP contribution is 2.49. The maximum Gasteiger partial charge on any atom is 0.291 e. The van der Waals surface area contributed by atoms with E-state index in [1.807, 2.05) is 4.90 Å². The maximum absolute atomic E-state index is 14.6. The molecule has 0 spiro atoms. The lowest BCUT2D eigenvalue weighted by Gasteiger charge is -2.35. The summed E-state index contributed by atoms with van der Waals surface area (Å²) in [6.07, 6.45) is 1.21. The summed E-state index contributed by atoms with van der Waals surface area (Å²) in [4.78, 5) is 54.9. The quantitative estimate of drug-likeness (QED) is 0.328. The van der Waals surface area contributed by atoms with E-state index >= 15 is 0 Å². The molecule has 3 N–H and O–H groups in total. The van der Waals surface area contributed by atoms with Gasteiger partial charge in [0.15, 0.2) is 17.4 Å². The molecule has 2 aromatic carbocycles. The number of hydrogen-bond donors (Lipinski definition) is 3. The first kappa shape index (κ1) is 32.8. The minimum Gasteiger partial charge on any atom is -0.483 e. The maximum atomic E-state index is 14.6. The zero-order valence-electron chi connectivity index (χ0n) is 24.5. The molecule has 3 fully saturated rings. The van der Waals surface area contributed by atoms with Gasteiger partial charge in [0.1, 0.15) is 0 Å². The zero-order chi connectivity index (χ0) is 33.1. The third-order valence-corrected chi connectivity index (χ3v) is 8.75. The van der Waals surface area contributed by atoms with E-state index in [0.29, 0.717) is 43.7 Å². The fourth-order valence-corrected chi connectivity index (χ4v) is 6.28. The first-order valence-electron chi connectivity index (χ1n) is 14.3. The standard InChI is InChI=1S/C29H28ClF3N6O4.CH2O2/c1-37-21(17-4-5-22(43-14-31)25(33)24(17)32)13-35-26(37)27(40)36-15-2-3-16(20(30)10-15)28(41)38-6-8-39(9-7-38)29(42)23-18-11-34-12-19(18)23;2-1-3/h2-5,10,13,18-19,23,34H,6-9,11-12,14H2,1H3,(H,36,40);1H,(H,2,3)/t18-,19+,23?;. The van der Waals surface area contributed by atoms with Gasteiger partial charge in [0.25, 0.3) is 18.3 Å². The number of amides is 3. The van der Waals surface area contributed by atoms with Crippen molar-refractivity contribution in [2.75, 3.05) is 51.4 Å². The van der Waals surface area contributed by atoms with Gasteiger partial charge in [0.2, 0.25) is 18.6 Å². The van der Waals surface area contributed by atoms with Crippen molar-refractivity contribution in [1.29, 1.82) is 0 Å². The number of carboxylic acid groups (broad SMARTS) is 1. The molecule has 3 aromatic rings. The summed E-state index contributed by atoms with van der Waals surface area (Å²) in [7, 11) is 1.45. The van der Waals surface area contributed by atoms with E-state index in [0.717, 1.165) is 19.2 Å². The number of anilines is 1. The molecule has 0 bridgehead atoms. The number of piperazine rings is 1. The van der Waals surface area contributed by atoms with E-state index in [9.17, 15) is 27.6 Å². The molecule has 244 valence electrons. The Kier molecular flexibility index (Phi) is 9.82. The molecule has 1 aromatic heterocycles. The fraction of sp³-hybridized carbons (Fsp3) is 0.367. The number of hydrogen-bond acceptors (Lipinski definition) is 7. The molecule has 1 unspecified atom stereocenters. The van der Waals surface area contributed by atoms with Crippen molar-refractivity contribution in [1.82, 2.24) is 24.7 Å². The Bertz CT molecular complexity index is 1650. The summed E-state index contributed by atoms with van der Waals surface area (Å²) in [5, 5.41) is 13.0. The highest BCUT2D eigenvalue weighted by molar-refractivity contribution is 6.34. The van der Waals surface area contributed by atoms with E-state index in [1.165, 1.54) is 42.1 Å². The van der Waals surface area contributed by atoms with Crippen molar-refractivity contribution in [3.63, 3.8) is 0 Å². The lowest BCUT2D eigenvalue weighted by Crippen LogP contribution is -2.51. The molecule has 12 nitrogen and oxygen atoms in total. The number of ether oxygens (including phenoxy) is 1. The van der Waals surface area contributed by atoms with Crippen molar-refractivity contribution >= 4 is 41.5 Å². The largest absolute Gasteiger partial charge is 0.483 e. The van der Waals surface area contributed by atoms with Crippen LogP contribution in [0.25, 0.3) is 11.3 Å². The summed E-state index contributed by atoms with van der Waals surface area (Å²) in [6.45, 7) is 1.96. The molecular weight excluding hydrogens is 633 g/mol. The third-order valence-electron chi connectivity index (χ3n) is 8.44. The molecule has 0 radical (unpaired) electrons. The van der Waals surface area contributed by atoms with Crippen LogP contribution in [-0.2, 0) is 16.6 Å². The first-order chi connectivity index (χ1) is 22.1. The van der Waals surface area contributed by atoms with Crippen LogP contribution in [0, 0.1) is 29.4 Å². The van der Waals surface area contributed by atoms with Crippen LogP contribution in [0.3, 0.4) is 0 Å². The van der Waals surface area contributed by atoms with Gasteiger partial charge >= 0.3 is 0 Å². The second-order valence-corrected chi connectivity index (χ2v) is 11.3. The number of aromatic nitrogens is 2. The van der Waals surface area contributed by atoms with Crippen molar-refractivity contribution in [2.45, 2.75) is 0 Å². The van der Waals surface area contributed by atoms with Gasteiger partial charge in [-0.05, 0) is 55.3 Å². The summed E-state index contributed by atoms with van der Waals surface area (Å²) >= 11 is 6.44. The molecule has 2 aliphatic heterocycles. The van der Waals surface area contributed by atoms with Crippen LogP contribution in [0.15, 0.2) is 36.5 Å². The number of fused-ring (bicyclic) bond motifs is 1. The molecule has 16 heteroatoms. The molecule has 1 saturated carbocycles. The molecule has 6 rings (SSSR count). The molecule has 3 aliphatic rings. The van der Waals surface area contributed by atoms with Crippen LogP contribution in [0.5, 0.6) is 5.75 Å². The fourth-order valence-electron chi connectivity index (χ4n) is 6.02. The second kappa shape index (κ2) is 13.8. The van der Waals surface area contributed by atoms with Gasteiger partial charge in [-0.15, -0.1) is 0 Å². The number of alkyl halides is 1. The third kappa shape index (κ3) is 6.37. The van der Waals surface area contributed by atoms with Crippen LogP contribution < -0.4 is 15.4 Å². The molecular formula is C30H30ClF3N6O6. The number of imidazole rings is 1. The van der Waals surface area contributed by atoms with Crippen LogP contribution in [0.1, 0.15) is 21.0 Å². The van der Waals surface area contributed by atoms with Crippen LogP contribution in [0.2, 0.25) is 5.02 Å². The van der Waals surface area contributed by atoms with E-state index in [-0.39, 0.29) is 51.9 Å². The predicted molar refractivity (Wildman–Crippen MR) is 159 cm³/mol. The normalized spacial score (nSPS) is 19.9. The van der Waals surface area contributed by atoms with Crippen molar-refractivity contribution < 1.29 is 42.2 Å². The highest BCUT2D eigenvalue weighted by atomic mass is 35.5. The molecule has 3 amide bonds. The second-order valence-electron chi connectivity index (χ2n) is 10.9. The molecule has 1 aliphatic carbocycles. The number of carbonyl (C=O) groups is 4. The Morgan fingerprint density at radius 1 is 1.09 bits per heavy atom. The lowest BCUT2D eigenvalue weighted by atomic mass is 10.1. The Hall–Kier alpha value is -4.63. The van der Waals surface area contributed by atoms with Crippen LogP contribution >= 0.6 is 11.6 Å². The van der Waals surface area contributed by atoms with Gasteiger partial charge in [-0.2, -0.15) is 4.39 Å². The number of rotatable bonds is 7. The lowest BCUT2D eigenvalue weighted by molar-refractivity contribution is -0.134. The van der Waals surface area contributed by atoms with E-state index in [1.54, 1.807) is 4.90 Å². The number of halogens is 4. The van der Waals surface area contributed by atoms with Crippen molar-refractivity contribution in [2.24, 2.45) is 24.8 Å². The van der Waals surface area contributed by atoms with Gasteiger partial charge in [0.05, 0.1) is 22.5 Å². The van der Waals surface area contributed by atoms with E-state index in [2.05, 4.69) is 20.4 Å². The van der Waals surface area contributed by atoms with Gasteiger partial charge in [-0.25, -0.2) is 13.8 Å².